The highest BCUT2D eigenvalue weighted by Crippen LogP contribution is 2.45. The molecule has 1 aliphatic heterocycles. The lowest BCUT2D eigenvalue weighted by Gasteiger charge is -2.39. The zero-order chi connectivity index (χ0) is 24.8. The van der Waals surface area contributed by atoms with Crippen LogP contribution in [0.25, 0.3) is 0 Å². The zero-order valence-electron chi connectivity index (χ0n) is 21.6. The van der Waals surface area contributed by atoms with E-state index in [0.717, 1.165) is 69.8 Å². The number of carbonyl (C=O) groups excluding carboxylic acids is 2. The average Bonchev–Trinajstić information content (AvgIpc) is 3.41. The molecule has 35 heavy (non-hydrogen) atoms. The summed E-state index contributed by atoms with van der Waals surface area (Å²) in [7, 11) is 4.77. The van der Waals surface area contributed by atoms with Gasteiger partial charge in [0, 0.05) is 6.54 Å². The standard InChI is InChI=1S/C28H41NO6/c1-32-23-17-20(18-24(33-2)26(23)34-3)25(19-11-5-4-6-12-19)27(30)29-16-10-9-15-22(29)28(31)35-21-13-7-8-14-21/h17-19,21-22,25H,4-16H2,1-3H3/t22-,25-/m0/s1. The van der Waals surface area contributed by atoms with Gasteiger partial charge in [-0.1, -0.05) is 19.3 Å². The Kier molecular flexibility index (Phi) is 8.79. The number of esters is 1. The van der Waals surface area contributed by atoms with Crippen molar-refractivity contribution in [3.05, 3.63) is 17.7 Å². The van der Waals surface area contributed by atoms with Crippen LogP contribution in [0.4, 0.5) is 0 Å². The van der Waals surface area contributed by atoms with Crippen LogP contribution in [-0.2, 0) is 14.3 Å². The number of carbonyl (C=O) groups is 2. The summed E-state index contributed by atoms with van der Waals surface area (Å²) in [5.41, 5.74) is 0.866. The Balaban J connectivity index is 1.66. The summed E-state index contributed by atoms with van der Waals surface area (Å²) in [4.78, 5) is 29.3. The maximum Gasteiger partial charge on any atom is 0.329 e. The minimum Gasteiger partial charge on any atom is -0.493 e. The van der Waals surface area contributed by atoms with Crippen LogP contribution < -0.4 is 14.2 Å². The van der Waals surface area contributed by atoms with Crippen molar-refractivity contribution in [2.75, 3.05) is 27.9 Å². The largest absolute Gasteiger partial charge is 0.493 e. The molecule has 0 unspecified atom stereocenters. The Hall–Kier alpha value is -2.44. The summed E-state index contributed by atoms with van der Waals surface area (Å²) in [6.07, 6.45) is 12.0. The Morgan fingerprint density at radius 2 is 1.40 bits per heavy atom. The number of hydrogen-bond acceptors (Lipinski definition) is 6. The average molecular weight is 488 g/mol. The minimum atomic E-state index is -0.495. The Bertz CT molecular complexity index is 849. The van der Waals surface area contributed by atoms with E-state index in [1.54, 1.807) is 21.3 Å². The van der Waals surface area contributed by atoms with Crippen molar-refractivity contribution in [3.8, 4) is 17.2 Å². The fraction of sp³-hybridized carbons (Fsp3) is 0.714. The van der Waals surface area contributed by atoms with Crippen LogP contribution in [0, 0.1) is 5.92 Å². The van der Waals surface area contributed by atoms with Gasteiger partial charge in [0.2, 0.25) is 11.7 Å². The second kappa shape index (κ2) is 12.0. The number of benzene rings is 1. The second-order valence-electron chi connectivity index (χ2n) is 10.2. The predicted molar refractivity (Wildman–Crippen MR) is 133 cm³/mol. The van der Waals surface area contributed by atoms with E-state index in [-0.39, 0.29) is 29.8 Å². The van der Waals surface area contributed by atoms with Crippen LogP contribution in [-0.4, -0.2) is 56.8 Å². The fourth-order valence-corrected chi connectivity index (χ4v) is 6.23. The third kappa shape index (κ3) is 5.70. The highest BCUT2D eigenvalue weighted by molar-refractivity contribution is 5.89. The lowest BCUT2D eigenvalue weighted by molar-refractivity contribution is -0.162. The van der Waals surface area contributed by atoms with Gasteiger partial charge in [-0.2, -0.15) is 0 Å². The van der Waals surface area contributed by atoms with E-state index < -0.39 is 6.04 Å². The van der Waals surface area contributed by atoms with Gasteiger partial charge >= 0.3 is 5.97 Å². The maximum atomic E-state index is 14.3. The quantitative estimate of drug-likeness (QED) is 0.467. The number of ether oxygens (including phenoxy) is 4. The van der Waals surface area contributed by atoms with E-state index in [0.29, 0.717) is 30.2 Å². The molecule has 1 aromatic rings. The molecule has 194 valence electrons. The molecular formula is C28H41NO6. The normalized spacial score (nSPS) is 22.5. The van der Waals surface area contributed by atoms with Crippen LogP contribution in [0.2, 0.25) is 0 Å². The number of nitrogens with zero attached hydrogens (tertiary/aromatic N) is 1. The van der Waals surface area contributed by atoms with Crippen LogP contribution in [0.1, 0.15) is 88.5 Å². The van der Waals surface area contributed by atoms with E-state index >= 15 is 0 Å². The molecule has 0 radical (unpaired) electrons. The SMILES string of the molecule is COc1cc([C@@H](C(=O)N2CCCC[C@H]2C(=O)OC2CCCC2)C2CCCCC2)cc(OC)c1OC. The molecule has 4 rings (SSSR count). The highest BCUT2D eigenvalue weighted by atomic mass is 16.5. The second-order valence-corrected chi connectivity index (χ2v) is 10.2. The van der Waals surface area contributed by atoms with Gasteiger partial charge in [0.1, 0.15) is 12.1 Å². The smallest absolute Gasteiger partial charge is 0.329 e. The van der Waals surface area contributed by atoms with Gasteiger partial charge in [0.25, 0.3) is 0 Å². The molecule has 3 aliphatic rings. The van der Waals surface area contributed by atoms with Gasteiger partial charge in [-0.15, -0.1) is 0 Å². The summed E-state index contributed by atoms with van der Waals surface area (Å²) in [6, 6.07) is 3.33. The molecule has 2 saturated carbocycles. The van der Waals surface area contributed by atoms with Gasteiger partial charge in [-0.05, 0) is 81.4 Å². The first-order chi connectivity index (χ1) is 17.1. The lowest BCUT2D eigenvalue weighted by atomic mass is 9.75. The number of amides is 1. The molecule has 0 bridgehead atoms. The van der Waals surface area contributed by atoms with Gasteiger partial charge in [-0.3, -0.25) is 4.79 Å². The molecule has 7 heteroatoms. The van der Waals surface area contributed by atoms with E-state index in [4.69, 9.17) is 18.9 Å². The molecule has 1 amide bonds. The monoisotopic (exact) mass is 487 g/mol. The Morgan fingerprint density at radius 1 is 0.800 bits per heavy atom. The molecule has 2 atom stereocenters. The van der Waals surface area contributed by atoms with Crippen molar-refractivity contribution < 1.29 is 28.5 Å². The molecular weight excluding hydrogens is 446 g/mol. The zero-order valence-corrected chi connectivity index (χ0v) is 21.6. The molecule has 2 aliphatic carbocycles. The van der Waals surface area contributed by atoms with Crippen LogP contribution in [0.5, 0.6) is 17.2 Å². The van der Waals surface area contributed by atoms with Crippen molar-refractivity contribution >= 4 is 11.9 Å². The third-order valence-corrected chi connectivity index (χ3v) is 8.08. The van der Waals surface area contributed by atoms with Crippen molar-refractivity contribution in [1.29, 1.82) is 0 Å². The van der Waals surface area contributed by atoms with E-state index in [1.165, 1.54) is 6.42 Å². The molecule has 1 saturated heterocycles. The Labute approximate surface area is 209 Å². The van der Waals surface area contributed by atoms with Crippen LogP contribution in [0.15, 0.2) is 12.1 Å². The van der Waals surface area contributed by atoms with Crippen LogP contribution >= 0.6 is 0 Å². The van der Waals surface area contributed by atoms with Gasteiger partial charge < -0.3 is 23.8 Å². The van der Waals surface area contributed by atoms with Crippen molar-refractivity contribution in [2.45, 2.75) is 95.1 Å². The lowest BCUT2D eigenvalue weighted by Crippen LogP contribution is -2.51. The number of methoxy groups -OCH3 is 3. The number of piperidine rings is 1. The van der Waals surface area contributed by atoms with Crippen LogP contribution in [0.3, 0.4) is 0 Å². The molecule has 7 nitrogen and oxygen atoms in total. The van der Waals surface area contributed by atoms with E-state index in [2.05, 4.69) is 0 Å². The highest BCUT2D eigenvalue weighted by Gasteiger charge is 2.41. The first-order valence-electron chi connectivity index (χ1n) is 13.4. The topological polar surface area (TPSA) is 74.3 Å². The van der Waals surface area contributed by atoms with E-state index in [1.807, 2.05) is 17.0 Å². The summed E-state index contributed by atoms with van der Waals surface area (Å²) >= 11 is 0. The number of rotatable bonds is 8. The minimum absolute atomic E-state index is 0.00521. The Morgan fingerprint density at radius 3 is 2.00 bits per heavy atom. The summed E-state index contributed by atoms with van der Waals surface area (Å²) in [5.74, 6) is 1.27. The van der Waals surface area contributed by atoms with Crippen molar-refractivity contribution in [2.24, 2.45) is 5.92 Å². The first kappa shape index (κ1) is 25.6. The molecule has 0 spiro atoms. The summed E-state index contributed by atoms with van der Waals surface area (Å²) < 4.78 is 22.6. The molecule has 0 N–H and O–H groups in total. The summed E-state index contributed by atoms with van der Waals surface area (Å²) in [5, 5.41) is 0. The summed E-state index contributed by atoms with van der Waals surface area (Å²) in [6.45, 7) is 0.594. The first-order valence-corrected chi connectivity index (χ1v) is 13.4. The van der Waals surface area contributed by atoms with Crippen molar-refractivity contribution in [1.82, 2.24) is 4.90 Å². The molecule has 1 heterocycles. The molecule has 0 aromatic heterocycles. The number of hydrogen-bond donors (Lipinski definition) is 0. The maximum absolute atomic E-state index is 14.3. The molecule has 1 aromatic carbocycles. The molecule has 3 fully saturated rings. The van der Waals surface area contributed by atoms with E-state index in [9.17, 15) is 9.59 Å². The fourth-order valence-electron chi connectivity index (χ4n) is 6.23. The third-order valence-electron chi connectivity index (χ3n) is 8.08. The van der Waals surface area contributed by atoms with Gasteiger partial charge in [0.05, 0.1) is 27.2 Å². The van der Waals surface area contributed by atoms with Gasteiger partial charge in [-0.25, -0.2) is 4.79 Å². The van der Waals surface area contributed by atoms with Gasteiger partial charge in [0.15, 0.2) is 11.5 Å². The predicted octanol–water partition coefficient (Wildman–Crippen LogP) is 5.24. The van der Waals surface area contributed by atoms with Crippen molar-refractivity contribution in [3.63, 3.8) is 0 Å². The number of likely N-dealkylation sites (tertiary alicyclic amines) is 1.